The highest BCUT2D eigenvalue weighted by atomic mass is 32.1. The Labute approximate surface area is 104 Å². The minimum Gasteiger partial charge on any atom is -0.362 e. The second-order valence-electron chi connectivity index (χ2n) is 3.73. The van der Waals surface area contributed by atoms with Crippen molar-refractivity contribution in [1.82, 2.24) is 9.55 Å². The van der Waals surface area contributed by atoms with Crippen LogP contribution in [-0.4, -0.2) is 16.1 Å². The van der Waals surface area contributed by atoms with E-state index in [9.17, 15) is 4.79 Å². The highest BCUT2D eigenvalue weighted by Gasteiger charge is 2.02. The van der Waals surface area contributed by atoms with E-state index in [1.165, 1.54) is 0 Å². The smallest absolute Gasteiger partial charge is 0.250 e. The highest BCUT2D eigenvalue weighted by molar-refractivity contribution is 7.15. The lowest BCUT2D eigenvalue weighted by atomic mass is 10.4. The van der Waals surface area contributed by atoms with Crippen molar-refractivity contribution < 1.29 is 0 Å². The van der Waals surface area contributed by atoms with Crippen molar-refractivity contribution in [3.05, 3.63) is 45.8 Å². The Morgan fingerprint density at radius 1 is 1.47 bits per heavy atom. The number of aromatic nitrogens is 2. The Balaban J connectivity index is 2.07. The summed E-state index contributed by atoms with van der Waals surface area (Å²) in [5, 5.41) is 4.16. The maximum absolute atomic E-state index is 11.5. The monoisotopic (exact) mass is 249 g/mol. The molecule has 0 saturated carbocycles. The molecule has 0 saturated heterocycles. The van der Waals surface area contributed by atoms with Gasteiger partial charge in [-0.1, -0.05) is 13.0 Å². The van der Waals surface area contributed by atoms with Crippen molar-refractivity contribution in [1.29, 1.82) is 0 Å². The summed E-state index contributed by atoms with van der Waals surface area (Å²) in [7, 11) is 0. The molecule has 2 heterocycles. The summed E-state index contributed by atoms with van der Waals surface area (Å²) in [4.78, 5) is 16.9. The average Bonchev–Trinajstić information content (AvgIpc) is 2.77. The van der Waals surface area contributed by atoms with Crippen molar-refractivity contribution >= 4 is 16.5 Å². The second kappa shape index (κ2) is 5.63. The van der Waals surface area contributed by atoms with Gasteiger partial charge in [-0.25, -0.2) is 4.98 Å². The van der Waals surface area contributed by atoms with Crippen LogP contribution in [0.1, 0.15) is 18.2 Å². The summed E-state index contributed by atoms with van der Waals surface area (Å²) in [5.74, 6) is 0. The van der Waals surface area contributed by atoms with Crippen LogP contribution in [0.5, 0.6) is 0 Å². The van der Waals surface area contributed by atoms with E-state index in [0.717, 1.165) is 23.0 Å². The number of hydrogen-bond donors (Lipinski definition) is 1. The zero-order valence-electron chi connectivity index (χ0n) is 9.72. The fraction of sp³-hybridized carbons (Fsp3) is 0.333. The Morgan fingerprint density at radius 2 is 2.35 bits per heavy atom. The van der Waals surface area contributed by atoms with Crippen LogP contribution >= 0.6 is 11.3 Å². The van der Waals surface area contributed by atoms with Crippen molar-refractivity contribution in [3.63, 3.8) is 0 Å². The van der Waals surface area contributed by atoms with Crippen LogP contribution in [0.4, 0.5) is 5.13 Å². The topological polar surface area (TPSA) is 46.9 Å². The molecule has 1 N–H and O–H groups in total. The van der Waals surface area contributed by atoms with E-state index < -0.39 is 0 Å². The van der Waals surface area contributed by atoms with Gasteiger partial charge in [0.2, 0.25) is 0 Å². The van der Waals surface area contributed by atoms with Crippen molar-refractivity contribution in [2.24, 2.45) is 0 Å². The van der Waals surface area contributed by atoms with Gasteiger partial charge in [-0.05, 0) is 12.5 Å². The van der Waals surface area contributed by atoms with Crippen LogP contribution in [0.25, 0.3) is 0 Å². The quantitative estimate of drug-likeness (QED) is 0.883. The minimum atomic E-state index is 0.0176. The van der Waals surface area contributed by atoms with Gasteiger partial charge in [-0.15, -0.1) is 11.3 Å². The van der Waals surface area contributed by atoms with Gasteiger partial charge in [-0.3, -0.25) is 4.79 Å². The first-order valence-electron chi connectivity index (χ1n) is 5.63. The number of anilines is 1. The van der Waals surface area contributed by atoms with Gasteiger partial charge >= 0.3 is 0 Å². The van der Waals surface area contributed by atoms with E-state index in [1.807, 2.05) is 12.3 Å². The molecule has 0 atom stereocenters. The van der Waals surface area contributed by atoms with Crippen molar-refractivity contribution in [3.8, 4) is 0 Å². The molecule has 4 nitrogen and oxygen atoms in total. The average molecular weight is 249 g/mol. The van der Waals surface area contributed by atoms with Gasteiger partial charge in [0.25, 0.3) is 5.56 Å². The molecule has 90 valence electrons. The van der Waals surface area contributed by atoms with E-state index in [0.29, 0.717) is 6.54 Å². The Kier molecular flexibility index (Phi) is 3.93. The van der Waals surface area contributed by atoms with E-state index in [1.54, 1.807) is 34.2 Å². The summed E-state index contributed by atoms with van der Waals surface area (Å²) in [6.45, 7) is 3.63. The van der Waals surface area contributed by atoms with Gasteiger partial charge in [0.1, 0.15) is 0 Å². The standard InChI is InChI=1S/C12H15N3OS/c1-2-6-13-12-14-8-10(17-12)9-15-7-4-3-5-11(15)16/h3-5,7-8H,2,6,9H2,1H3,(H,13,14). The molecule has 0 aliphatic heterocycles. The van der Waals surface area contributed by atoms with Crippen molar-refractivity contribution in [2.75, 3.05) is 11.9 Å². The van der Waals surface area contributed by atoms with E-state index in [4.69, 9.17) is 0 Å². The second-order valence-corrected chi connectivity index (χ2v) is 4.84. The largest absolute Gasteiger partial charge is 0.362 e. The zero-order chi connectivity index (χ0) is 12.1. The lowest BCUT2D eigenvalue weighted by molar-refractivity contribution is 0.768. The third kappa shape index (κ3) is 3.17. The summed E-state index contributed by atoms with van der Waals surface area (Å²) in [5.41, 5.74) is 0.0176. The minimum absolute atomic E-state index is 0.0176. The first kappa shape index (κ1) is 11.9. The molecule has 2 aromatic rings. The first-order valence-corrected chi connectivity index (χ1v) is 6.45. The van der Waals surface area contributed by atoms with Crippen LogP contribution in [0.2, 0.25) is 0 Å². The molecule has 0 amide bonds. The van der Waals surface area contributed by atoms with E-state index in [-0.39, 0.29) is 5.56 Å². The molecule has 2 rings (SSSR count). The maximum atomic E-state index is 11.5. The van der Waals surface area contributed by atoms with Gasteiger partial charge in [0, 0.05) is 29.9 Å². The van der Waals surface area contributed by atoms with Gasteiger partial charge in [-0.2, -0.15) is 0 Å². The molecule has 0 radical (unpaired) electrons. The van der Waals surface area contributed by atoms with Crippen LogP contribution in [-0.2, 0) is 6.54 Å². The van der Waals surface area contributed by atoms with Crippen LogP contribution < -0.4 is 10.9 Å². The van der Waals surface area contributed by atoms with Crippen molar-refractivity contribution in [2.45, 2.75) is 19.9 Å². The molecule has 0 aliphatic rings. The predicted octanol–water partition coefficient (Wildman–Crippen LogP) is 2.17. The molecule has 0 unspecified atom stereocenters. The number of hydrogen-bond acceptors (Lipinski definition) is 4. The number of pyridine rings is 1. The lowest BCUT2D eigenvalue weighted by Gasteiger charge is -2.01. The number of nitrogens with zero attached hydrogens (tertiary/aromatic N) is 2. The van der Waals surface area contributed by atoms with E-state index >= 15 is 0 Å². The molecular formula is C12H15N3OS. The fourth-order valence-electron chi connectivity index (χ4n) is 1.45. The van der Waals surface area contributed by atoms with Gasteiger partial charge in [0.15, 0.2) is 5.13 Å². The molecule has 0 spiro atoms. The fourth-order valence-corrected chi connectivity index (χ4v) is 2.29. The van der Waals surface area contributed by atoms with Crippen LogP contribution in [0.15, 0.2) is 35.4 Å². The third-order valence-electron chi connectivity index (χ3n) is 2.30. The van der Waals surface area contributed by atoms with Crippen LogP contribution in [0.3, 0.4) is 0 Å². The molecular weight excluding hydrogens is 234 g/mol. The van der Waals surface area contributed by atoms with Gasteiger partial charge < -0.3 is 9.88 Å². The Bertz CT molecular complexity index is 532. The Hall–Kier alpha value is -1.62. The molecule has 0 fully saturated rings. The number of rotatable bonds is 5. The molecule has 5 heteroatoms. The molecule has 17 heavy (non-hydrogen) atoms. The summed E-state index contributed by atoms with van der Waals surface area (Å²) in [6, 6.07) is 5.18. The molecule has 2 aromatic heterocycles. The van der Waals surface area contributed by atoms with E-state index in [2.05, 4.69) is 17.2 Å². The summed E-state index contributed by atoms with van der Waals surface area (Å²) < 4.78 is 1.68. The lowest BCUT2D eigenvalue weighted by Crippen LogP contribution is -2.17. The third-order valence-corrected chi connectivity index (χ3v) is 3.24. The Morgan fingerprint density at radius 3 is 3.12 bits per heavy atom. The molecule has 0 aliphatic carbocycles. The number of thiazole rings is 1. The highest BCUT2D eigenvalue weighted by Crippen LogP contribution is 2.18. The zero-order valence-corrected chi connectivity index (χ0v) is 10.5. The van der Waals surface area contributed by atoms with Gasteiger partial charge in [0.05, 0.1) is 6.54 Å². The number of nitrogens with one attached hydrogen (secondary N) is 1. The molecule has 0 bridgehead atoms. The SMILES string of the molecule is CCCNc1ncc(Cn2ccccc2=O)s1. The first-order chi connectivity index (χ1) is 8.29. The summed E-state index contributed by atoms with van der Waals surface area (Å²) in [6.07, 6.45) is 4.69. The van der Waals surface area contributed by atoms with Crippen LogP contribution in [0, 0.1) is 0 Å². The predicted molar refractivity (Wildman–Crippen MR) is 70.7 cm³/mol. The summed E-state index contributed by atoms with van der Waals surface area (Å²) >= 11 is 1.59. The maximum Gasteiger partial charge on any atom is 0.250 e. The molecule has 0 aromatic carbocycles. The normalized spacial score (nSPS) is 10.4.